The van der Waals surface area contributed by atoms with Gasteiger partial charge in [-0.1, -0.05) is 29.8 Å². The van der Waals surface area contributed by atoms with Crippen LogP contribution in [0.1, 0.15) is 30.0 Å². The fourth-order valence-electron chi connectivity index (χ4n) is 3.65. The Kier molecular flexibility index (Phi) is 4.13. The maximum atomic E-state index is 12.9. The third-order valence-corrected chi connectivity index (χ3v) is 6.88. The van der Waals surface area contributed by atoms with E-state index in [4.69, 9.17) is 0 Å². The molecule has 1 aliphatic rings. The number of benzene rings is 2. The van der Waals surface area contributed by atoms with Gasteiger partial charge < -0.3 is 4.98 Å². The third-order valence-electron chi connectivity index (χ3n) is 5.00. The summed E-state index contributed by atoms with van der Waals surface area (Å²) in [5.41, 5.74) is 3.48. The zero-order chi connectivity index (χ0) is 17.4. The fraction of sp³-hybridized carbons (Fsp3) is 0.300. The van der Waals surface area contributed by atoms with E-state index in [1.165, 1.54) is 10.9 Å². The SMILES string of the molecule is Cc1ccc2[nH]c(C3CCCN(S(=O)(=O)c4ccccc4)C3)cc2c1. The molecule has 0 amide bonds. The Morgan fingerprint density at radius 1 is 1.08 bits per heavy atom. The summed E-state index contributed by atoms with van der Waals surface area (Å²) in [4.78, 5) is 3.86. The first-order valence-corrected chi connectivity index (χ1v) is 10.1. The molecule has 1 N–H and O–H groups in total. The highest BCUT2D eigenvalue weighted by atomic mass is 32.2. The summed E-state index contributed by atoms with van der Waals surface area (Å²) in [6.07, 6.45) is 1.89. The molecule has 0 aliphatic carbocycles. The fourth-order valence-corrected chi connectivity index (χ4v) is 5.20. The Bertz CT molecular complexity index is 993. The van der Waals surface area contributed by atoms with Crippen molar-refractivity contribution in [1.29, 1.82) is 0 Å². The van der Waals surface area contributed by atoms with Crippen LogP contribution in [0.5, 0.6) is 0 Å². The number of aryl methyl sites for hydroxylation is 1. The van der Waals surface area contributed by atoms with Crippen molar-refractivity contribution in [3.63, 3.8) is 0 Å². The highest BCUT2D eigenvalue weighted by Gasteiger charge is 2.31. The standard InChI is InChI=1S/C20H22N2O2S/c1-15-9-10-19-17(12-15)13-20(21-19)16-6-5-11-22(14-16)25(23,24)18-7-3-2-4-8-18/h2-4,7-10,12-13,16,21H,5-6,11,14H2,1H3. The number of hydrogen-bond acceptors (Lipinski definition) is 2. The number of rotatable bonds is 3. The highest BCUT2D eigenvalue weighted by molar-refractivity contribution is 7.89. The van der Waals surface area contributed by atoms with E-state index in [0.29, 0.717) is 18.0 Å². The van der Waals surface area contributed by atoms with E-state index in [1.807, 2.05) is 6.07 Å². The lowest BCUT2D eigenvalue weighted by atomic mass is 9.96. The van der Waals surface area contributed by atoms with Crippen LogP contribution < -0.4 is 0 Å². The number of H-pyrrole nitrogens is 1. The number of nitrogens with one attached hydrogen (secondary N) is 1. The Balaban J connectivity index is 1.62. The first-order chi connectivity index (χ1) is 12.0. The molecule has 1 aromatic heterocycles. The van der Waals surface area contributed by atoms with Crippen LogP contribution in [0.2, 0.25) is 0 Å². The Hall–Kier alpha value is -2.11. The molecule has 0 saturated carbocycles. The maximum Gasteiger partial charge on any atom is 0.243 e. The van der Waals surface area contributed by atoms with Gasteiger partial charge in [-0.15, -0.1) is 0 Å². The quantitative estimate of drug-likeness (QED) is 0.771. The Labute approximate surface area is 148 Å². The molecular weight excluding hydrogens is 332 g/mol. The van der Waals surface area contributed by atoms with Crippen molar-refractivity contribution >= 4 is 20.9 Å². The van der Waals surface area contributed by atoms with Crippen molar-refractivity contribution in [2.75, 3.05) is 13.1 Å². The summed E-state index contributed by atoms with van der Waals surface area (Å²) in [6.45, 7) is 3.21. The number of fused-ring (bicyclic) bond motifs is 1. The summed E-state index contributed by atoms with van der Waals surface area (Å²) < 4.78 is 27.4. The minimum absolute atomic E-state index is 0.208. The van der Waals surface area contributed by atoms with Gasteiger partial charge in [0.15, 0.2) is 0 Å². The van der Waals surface area contributed by atoms with Crippen molar-refractivity contribution in [3.8, 4) is 0 Å². The van der Waals surface area contributed by atoms with Gasteiger partial charge in [-0.25, -0.2) is 8.42 Å². The third kappa shape index (κ3) is 3.10. The van der Waals surface area contributed by atoms with Crippen LogP contribution in [0.3, 0.4) is 0 Å². The molecule has 1 saturated heterocycles. The monoisotopic (exact) mass is 354 g/mol. The summed E-state index contributed by atoms with van der Waals surface area (Å²) in [7, 11) is -3.42. The smallest absolute Gasteiger partial charge is 0.243 e. The second kappa shape index (κ2) is 6.32. The Morgan fingerprint density at radius 2 is 1.88 bits per heavy atom. The van der Waals surface area contributed by atoms with Crippen LogP contribution >= 0.6 is 0 Å². The zero-order valence-electron chi connectivity index (χ0n) is 14.3. The lowest BCUT2D eigenvalue weighted by Gasteiger charge is -2.31. The number of aromatic nitrogens is 1. The summed E-state index contributed by atoms with van der Waals surface area (Å²) in [6, 6.07) is 17.2. The van der Waals surface area contributed by atoms with Crippen LogP contribution in [-0.2, 0) is 10.0 Å². The lowest BCUT2D eigenvalue weighted by molar-refractivity contribution is 0.313. The maximum absolute atomic E-state index is 12.9. The molecular formula is C20H22N2O2S. The van der Waals surface area contributed by atoms with Gasteiger partial charge in [0.05, 0.1) is 4.90 Å². The molecule has 2 aromatic carbocycles. The van der Waals surface area contributed by atoms with Gasteiger partial charge in [0.1, 0.15) is 0 Å². The van der Waals surface area contributed by atoms with Crippen molar-refractivity contribution in [2.45, 2.75) is 30.6 Å². The molecule has 3 aromatic rings. The molecule has 2 heterocycles. The number of piperidine rings is 1. The first kappa shape index (κ1) is 16.4. The molecule has 1 atom stereocenters. The summed E-state index contributed by atoms with van der Waals surface area (Å²) >= 11 is 0. The number of sulfonamides is 1. The van der Waals surface area contributed by atoms with Crippen LogP contribution in [0.25, 0.3) is 10.9 Å². The van der Waals surface area contributed by atoms with Crippen LogP contribution in [0.15, 0.2) is 59.5 Å². The minimum atomic E-state index is -3.42. The van der Waals surface area contributed by atoms with Crippen molar-refractivity contribution < 1.29 is 8.42 Å². The Morgan fingerprint density at radius 3 is 2.68 bits per heavy atom. The molecule has 0 radical (unpaired) electrons. The van der Waals surface area contributed by atoms with E-state index in [2.05, 4.69) is 36.2 Å². The molecule has 1 unspecified atom stereocenters. The predicted octanol–water partition coefficient (Wildman–Crippen LogP) is 4.04. The summed E-state index contributed by atoms with van der Waals surface area (Å²) in [5.74, 6) is 0.208. The molecule has 130 valence electrons. The molecule has 1 aliphatic heterocycles. The minimum Gasteiger partial charge on any atom is -0.358 e. The van der Waals surface area contributed by atoms with E-state index < -0.39 is 10.0 Å². The molecule has 0 spiro atoms. The molecule has 0 bridgehead atoms. The van der Waals surface area contributed by atoms with Gasteiger partial charge >= 0.3 is 0 Å². The number of nitrogens with zero attached hydrogens (tertiary/aromatic N) is 1. The first-order valence-electron chi connectivity index (χ1n) is 8.68. The normalized spacial score (nSPS) is 19.3. The van der Waals surface area contributed by atoms with Crippen molar-refractivity contribution in [3.05, 3.63) is 65.9 Å². The highest BCUT2D eigenvalue weighted by Crippen LogP contribution is 2.31. The van der Waals surface area contributed by atoms with Crippen LogP contribution in [0, 0.1) is 6.92 Å². The molecule has 1 fully saturated rings. The number of aromatic amines is 1. The lowest BCUT2D eigenvalue weighted by Crippen LogP contribution is -2.39. The average molecular weight is 354 g/mol. The van der Waals surface area contributed by atoms with E-state index in [1.54, 1.807) is 28.6 Å². The van der Waals surface area contributed by atoms with Gasteiger partial charge in [0.25, 0.3) is 0 Å². The number of hydrogen-bond donors (Lipinski definition) is 1. The van der Waals surface area contributed by atoms with Crippen LogP contribution in [-0.4, -0.2) is 30.8 Å². The largest absolute Gasteiger partial charge is 0.358 e. The molecule has 5 heteroatoms. The average Bonchev–Trinajstić information content (AvgIpc) is 3.06. The molecule has 4 rings (SSSR count). The second-order valence-electron chi connectivity index (χ2n) is 6.83. The van der Waals surface area contributed by atoms with Gasteiger partial charge in [-0.2, -0.15) is 4.31 Å². The molecule has 25 heavy (non-hydrogen) atoms. The van der Waals surface area contributed by atoms with E-state index in [9.17, 15) is 8.42 Å². The second-order valence-corrected chi connectivity index (χ2v) is 8.77. The van der Waals surface area contributed by atoms with E-state index in [0.717, 1.165) is 24.1 Å². The van der Waals surface area contributed by atoms with Crippen molar-refractivity contribution in [1.82, 2.24) is 9.29 Å². The molecule has 4 nitrogen and oxygen atoms in total. The predicted molar refractivity (Wildman–Crippen MR) is 100 cm³/mol. The van der Waals surface area contributed by atoms with Gasteiger partial charge in [0.2, 0.25) is 10.0 Å². The zero-order valence-corrected chi connectivity index (χ0v) is 15.1. The van der Waals surface area contributed by atoms with E-state index >= 15 is 0 Å². The van der Waals surface area contributed by atoms with Gasteiger partial charge in [0, 0.05) is 30.2 Å². The van der Waals surface area contributed by atoms with Crippen LogP contribution in [0.4, 0.5) is 0 Å². The van der Waals surface area contributed by atoms with E-state index in [-0.39, 0.29) is 5.92 Å². The van der Waals surface area contributed by atoms with Gasteiger partial charge in [-0.3, -0.25) is 0 Å². The van der Waals surface area contributed by atoms with Crippen molar-refractivity contribution in [2.24, 2.45) is 0 Å². The summed E-state index contributed by atoms with van der Waals surface area (Å²) in [5, 5.41) is 1.19. The topological polar surface area (TPSA) is 53.2 Å². The van der Waals surface area contributed by atoms with Gasteiger partial charge in [-0.05, 0) is 55.5 Å².